The Bertz CT molecular complexity index is 878. The lowest BCUT2D eigenvalue weighted by molar-refractivity contribution is -0.384. The van der Waals surface area contributed by atoms with Gasteiger partial charge in [0.15, 0.2) is 5.13 Å². The lowest BCUT2D eigenvalue weighted by Crippen LogP contribution is -2.42. The van der Waals surface area contributed by atoms with Crippen molar-refractivity contribution in [2.45, 2.75) is 33.7 Å². The van der Waals surface area contributed by atoms with Crippen LogP contribution in [0.3, 0.4) is 0 Å². The third-order valence-electron chi connectivity index (χ3n) is 3.87. The molecule has 144 valence electrons. The third kappa shape index (κ3) is 5.01. The van der Waals surface area contributed by atoms with Crippen molar-refractivity contribution >= 4 is 45.6 Å². The number of nitro groups is 1. The molecule has 27 heavy (non-hydrogen) atoms. The minimum Gasteiger partial charge on any atom is -0.327 e. The van der Waals surface area contributed by atoms with Crippen molar-refractivity contribution in [3.63, 3.8) is 0 Å². The fourth-order valence-corrected chi connectivity index (χ4v) is 3.36. The molecule has 1 aromatic heterocycles. The van der Waals surface area contributed by atoms with E-state index in [-0.39, 0.29) is 34.8 Å². The summed E-state index contributed by atoms with van der Waals surface area (Å²) in [6, 6.07) is 3.34. The molecular formula is C17H19ClN4O4S. The molecule has 0 unspecified atom stereocenters. The quantitative estimate of drug-likeness (QED) is 0.575. The lowest BCUT2D eigenvalue weighted by atomic mass is 10.1. The van der Waals surface area contributed by atoms with Crippen LogP contribution in [0.25, 0.3) is 0 Å². The number of nitrogens with one attached hydrogen (secondary N) is 1. The number of rotatable bonds is 6. The van der Waals surface area contributed by atoms with Crippen molar-refractivity contribution in [3.05, 3.63) is 49.5 Å². The number of amides is 2. The Morgan fingerprint density at radius 1 is 1.37 bits per heavy atom. The van der Waals surface area contributed by atoms with E-state index in [9.17, 15) is 19.7 Å². The number of non-ortho nitro benzene ring substituents is 1. The van der Waals surface area contributed by atoms with Gasteiger partial charge in [-0.3, -0.25) is 19.7 Å². The number of hydrogen-bond donors (Lipinski definition) is 1. The molecular weight excluding hydrogens is 392 g/mol. The van der Waals surface area contributed by atoms with Crippen LogP contribution in [0, 0.1) is 24.0 Å². The molecule has 1 N–H and O–H groups in total. The number of hydrogen-bond acceptors (Lipinski definition) is 6. The largest absolute Gasteiger partial charge is 0.327 e. The Hall–Kier alpha value is -2.52. The number of anilines is 1. The Balaban J connectivity index is 2.17. The highest BCUT2D eigenvalue weighted by Crippen LogP contribution is 2.25. The average molecular weight is 411 g/mol. The first-order valence-corrected chi connectivity index (χ1v) is 9.28. The van der Waals surface area contributed by atoms with Gasteiger partial charge in [-0.2, -0.15) is 0 Å². The second-order valence-corrected chi connectivity index (χ2v) is 7.77. The van der Waals surface area contributed by atoms with Crippen LogP contribution >= 0.6 is 22.9 Å². The highest BCUT2D eigenvalue weighted by atomic mass is 35.5. The van der Waals surface area contributed by atoms with Gasteiger partial charge in [0.05, 0.1) is 21.2 Å². The maximum absolute atomic E-state index is 12.8. The van der Waals surface area contributed by atoms with E-state index in [1.807, 2.05) is 13.8 Å². The van der Waals surface area contributed by atoms with E-state index in [4.69, 9.17) is 11.6 Å². The maximum atomic E-state index is 12.8. The second-order valence-electron chi connectivity index (χ2n) is 6.16. The zero-order chi connectivity index (χ0) is 20.3. The normalized spacial score (nSPS) is 10.7. The van der Waals surface area contributed by atoms with Crippen molar-refractivity contribution in [1.29, 1.82) is 0 Å². The van der Waals surface area contributed by atoms with Gasteiger partial charge in [-0.1, -0.05) is 11.6 Å². The van der Waals surface area contributed by atoms with Crippen LogP contribution in [0.4, 0.5) is 10.8 Å². The van der Waals surface area contributed by atoms with Crippen LogP contribution < -0.4 is 5.32 Å². The van der Waals surface area contributed by atoms with Gasteiger partial charge in [0, 0.05) is 23.1 Å². The summed E-state index contributed by atoms with van der Waals surface area (Å²) < 4.78 is 0. The minimum absolute atomic E-state index is 0.0357. The van der Waals surface area contributed by atoms with Crippen LogP contribution in [0.1, 0.15) is 34.8 Å². The summed E-state index contributed by atoms with van der Waals surface area (Å²) in [6.45, 7) is 7.09. The highest BCUT2D eigenvalue weighted by molar-refractivity contribution is 7.15. The molecule has 0 saturated heterocycles. The Morgan fingerprint density at radius 3 is 2.52 bits per heavy atom. The molecule has 0 saturated carbocycles. The highest BCUT2D eigenvalue weighted by Gasteiger charge is 2.25. The topological polar surface area (TPSA) is 105 Å². The number of thiazole rings is 1. The van der Waals surface area contributed by atoms with Gasteiger partial charge in [-0.05, 0) is 33.8 Å². The maximum Gasteiger partial charge on any atom is 0.270 e. The Morgan fingerprint density at radius 2 is 2.04 bits per heavy atom. The average Bonchev–Trinajstić information content (AvgIpc) is 2.89. The SMILES string of the molecule is Cc1nc(NC(=O)CN(C(=O)c2ccc([N+](=O)[O-])cc2Cl)C(C)C)sc1C. The van der Waals surface area contributed by atoms with Gasteiger partial charge in [-0.25, -0.2) is 4.98 Å². The van der Waals surface area contributed by atoms with E-state index < -0.39 is 10.8 Å². The standard InChI is InChI=1S/C17H19ClN4O4S/c1-9(2)21(8-15(23)20-17-19-10(3)11(4)27-17)16(24)13-6-5-12(22(25)26)7-14(13)18/h5-7,9H,8H2,1-4H3,(H,19,20,23). The van der Waals surface area contributed by atoms with Crippen LogP contribution in [-0.2, 0) is 4.79 Å². The van der Waals surface area contributed by atoms with Crippen molar-refractivity contribution < 1.29 is 14.5 Å². The molecule has 8 nitrogen and oxygen atoms in total. The van der Waals surface area contributed by atoms with E-state index >= 15 is 0 Å². The first kappa shape index (κ1) is 20.8. The van der Waals surface area contributed by atoms with Crippen LogP contribution in [0.2, 0.25) is 5.02 Å². The molecule has 2 amide bonds. The molecule has 0 atom stereocenters. The number of benzene rings is 1. The Labute approximate surface area is 165 Å². The predicted octanol–water partition coefficient (Wildman–Crippen LogP) is 3.81. The molecule has 1 heterocycles. The number of carbonyl (C=O) groups is 2. The minimum atomic E-state index is -0.591. The van der Waals surface area contributed by atoms with E-state index in [1.165, 1.54) is 28.4 Å². The monoisotopic (exact) mass is 410 g/mol. The first-order chi connectivity index (χ1) is 12.6. The predicted molar refractivity (Wildman–Crippen MR) is 104 cm³/mol. The van der Waals surface area contributed by atoms with Gasteiger partial charge >= 0.3 is 0 Å². The molecule has 2 rings (SSSR count). The lowest BCUT2D eigenvalue weighted by Gasteiger charge is -2.26. The molecule has 0 aliphatic heterocycles. The van der Waals surface area contributed by atoms with Crippen molar-refractivity contribution in [3.8, 4) is 0 Å². The van der Waals surface area contributed by atoms with Crippen molar-refractivity contribution in [2.75, 3.05) is 11.9 Å². The van der Waals surface area contributed by atoms with Gasteiger partial charge < -0.3 is 10.2 Å². The van der Waals surface area contributed by atoms with E-state index in [2.05, 4.69) is 10.3 Å². The van der Waals surface area contributed by atoms with Crippen molar-refractivity contribution in [1.82, 2.24) is 9.88 Å². The van der Waals surface area contributed by atoms with E-state index in [0.29, 0.717) is 5.13 Å². The van der Waals surface area contributed by atoms with Crippen LogP contribution in [-0.4, -0.2) is 39.2 Å². The van der Waals surface area contributed by atoms with Gasteiger partial charge in [0.25, 0.3) is 11.6 Å². The summed E-state index contributed by atoms with van der Waals surface area (Å²) in [6.07, 6.45) is 0. The first-order valence-electron chi connectivity index (χ1n) is 8.09. The number of aromatic nitrogens is 1. The number of aryl methyl sites for hydroxylation is 2. The number of halogens is 1. The molecule has 0 bridgehead atoms. The number of nitro benzene ring substituents is 1. The fourth-order valence-electron chi connectivity index (χ4n) is 2.27. The summed E-state index contributed by atoms with van der Waals surface area (Å²) in [7, 11) is 0. The van der Waals surface area contributed by atoms with Gasteiger partial charge in [0.2, 0.25) is 5.91 Å². The van der Waals surface area contributed by atoms with Crippen LogP contribution in [0.15, 0.2) is 18.2 Å². The summed E-state index contributed by atoms with van der Waals surface area (Å²) >= 11 is 7.40. The molecule has 10 heteroatoms. The summed E-state index contributed by atoms with van der Waals surface area (Å²) in [5, 5.41) is 13.9. The molecule has 1 aromatic carbocycles. The van der Waals surface area contributed by atoms with Gasteiger partial charge in [-0.15, -0.1) is 11.3 Å². The molecule has 0 fully saturated rings. The summed E-state index contributed by atoms with van der Waals surface area (Å²) in [4.78, 5) is 42.0. The summed E-state index contributed by atoms with van der Waals surface area (Å²) in [5.74, 6) is -0.865. The molecule has 0 spiro atoms. The third-order valence-corrected chi connectivity index (χ3v) is 5.17. The Kier molecular flexibility index (Phi) is 6.50. The molecule has 0 radical (unpaired) electrons. The molecule has 2 aromatic rings. The second kappa shape index (κ2) is 8.45. The zero-order valence-corrected chi connectivity index (χ0v) is 16.8. The molecule has 0 aliphatic carbocycles. The van der Waals surface area contributed by atoms with Crippen molar-refractivity contribution in [2.24, 2.45) is 0 Å². The smallest absolute Gasteiger partial charge is 0.270 e. The van der Waals surface area contributed by atoms with E-state index in [1.54, 1.807) is 13.8 Å². The number of nitrogens with zero attached hydrogens (tertiary/aromatic N) is 3. The fraction of sp³-hybridized carbons (Fsp3) is 0.353. The van der Waals surface area contributed by atoms with E-state index in [0.717, 1.165) is 16.6 Å². The van der Waals surface area contributed by atoms with Gasteiger partial charge in [0.1, 0.15) is 6.54 Å². The number of carbonyl (C=O) groups excluding carboxylic acids is 2. The summed E-state index contributed by atoms with van der Waals surface area (Å²) in [5.41, 5.74) is 0.731. The molecule has 0 aliphatic rings. The zero-order valence-electron chi connectivity index (χ0n) is 15.3. The van der Waals surface area contributed by atoms with Crippen LogP contribution in [0.5, 0.6) is 0 Å².